The number of ether oxygens (including phenoxy) is 1. The Morgan fingerprint density at radius 2 is 2.12 bits per heavy atom. The van der Waals surface area contributed by atoms with Crippen molar-refractivity contribution < 1.29 is 9.53 Å². The first-order valence-electron chi connectivity index (χ1n) is 5.40. The van der Waals surface area contributed by atoms with Gasteiger partial charge < -0.3 is 15.4 Å². The molecule has 1 amide bonds. The van der Waals surface area contributed by atoms with Gasteiger partial charge in [0.25, 0.3) is 0 Å². The fraction of sp³-hybridized carbons (Fsp3) is 0.417. The maximum absolute atomic E-state index is 11.6. The fourth-order valence-electron chi connectivity index (χ4n) is 1.35. The van der Waals surface area contributed by atoms with E-state index < -0.39 is 0 Å². The average molecular weight is 222 g/mol. The monoisotopic (exact) mass is 222 g/mol. The summed E-state index contributed by atoms with van der Waals surface area (Å²) in [5.74, 6) is 0.624. The highest BCUT2D eigenvalue weighted by atomic mass is 16.6. The van der Waals surface area contributed by atoms with Crippen molar-refractivity contribution in [1.82, 2.24) is 4.90 Å². The minimum atomic E-state index is -0.369. The zero-order valence-corrected chi connectivity index (χ0v) is 9.77. The van der Waals surface area contributed by atoms with E-state index in [4.69, 9.17) is 10.5 Å². The first-order valence-corrected chi connectivity index (χ1v) is 5.40. The second kappa shape index (κ2) is 6.12. The summed E-state index contributed by atoms with van der Waals surface area (Å²) < 4.78 is 5.28. The average Bonchev–Trinajstić information content (AvgIpc) is 2.30. The Morgan fingerprint density at radius 3 is 2.75 bits per heavy atom. The quantitative estimate of drug-likeness (QED) is 0.842. The van der Waals surface area contributed by atoms with Gasteiger partial charge in [-0.25, -0.2) is 4.79 Å². The third-order valence-corrected chi connectivity index (χ3v) is 2.33. The van der Waals surface area contributed by atoms with E-state index in [1.165, 1.54) is 4.90 Å². The second-order valence-electron chi connectivity index (χ2n) is 3.54. The number of aryl methyl sites for hydroxylation is 1. The molecule has 0 fully saturated rings. The molecule has 4 nitrogen and oxygen atoms in total. The van der Waals surface area contributed by atoms with Gasteiger partial charge in [-0.3, -0.25) is 0 Å². The number of hydrogen-bond acceptors (Lipinski definition) is 3. The number of rotatable bonds is 4. The third kappa shape index (κ3) is 3.24. The normalized spacial score (nSPS) is 9.94. The Hall–Kier alpha value is -1.55. The summed E-state index contributed by atoms with van der Waals surface area (Å²) in [6.45, 7) is 2.95. The maximum Gasteiger partial charge on any atom is 0.415 e. The van der Waals surface area contributed by atoms with Gasteiger partial charge in [-0.15, -0.1) is 0 Å². The van der Waals surface area contributed by atoms with E-state index in [9.17, 15) is 4.79 Å². The molecule has 0 radical (unpaired) electrons. The van der Waals surface area contributed by atoms with Gasteiger partial charge in [0.1, 0.15) is 5.75 Å². The van der Waals surface area contributed by atoms with Gasteiger partial charge in [0.2, 0.25) is 0 Å². The lowest BCUT2D eigenvalue weighted by molar-refractivity contribution is 0.163. The molecule has 0 heterocycles. The van der Waals surface area contributed by atoms with E-state index in [2.05, 4.69) is 0 Å². The van der Waals surface area contributed by atoms with Gasteiger partial charge in [-0.1, -0.05) is 25.1 Å². The molecular formula is C12H18N2O2. The van der Waals surface area contributed by atoms with Crippen molar-refractivity contribution in [3.05, 3.63) is 29.8 Å². The number of para-hydroxylation sites is 1. The summed E-state index contributed by atoms with van der Waals surface area (Å²) in [6, 6.07) is 7.53. The molecule has 1 aromatic carbocycles. The van der Waals surface area contributed by atoms with Crippen molar-refractivity contribution in [1.29, 1.82) is 0 Å². The van der Waals surface area contributed by atoms with Crippen LogP contribution in [0.4, 0.5) is 4.79 Å². The summed E-state index contributed by atoms with van der Waals surface area (Å²) in [5.41, 5.74) is 6.39. The van der Waals surface area contributed by atoms with Crippen molar-refractivity contribution in [2.75, 3.05) is 20.1 Å². The van der Waals surface area contributed by atoms with Crippen molar-refractivity contribution in [2.45, 2.75) is 13.3 Å². The van der Waals surface area contributed by atoms with Crippen molar-refractivity contribution in [2.24, 2.45) is 5.73 Å². The molecule has 0 aliphatic rings. The van der Waals surface area contributed by atoms with E-state index in [-0.39, 0.29) is 6.09 Å². The molecular weight excluding hydrogens is 204 g/mol. The summed E-state index contributed by atoms with van der Waals surface area (Å²) >= 11 is 0. The van der Waals surface area contributed by atoms with Gasteiger partial charge >= 0.3 is 6.09 Å². The number of carbonyl (C=O) groups excluding carboxylic acids is 1. The Labute approximate surface area is 96.0 Å². The van der Waals surface area contributed by atoms with Crippen LogP contribution in [0.2, 0.25) is 0 Å². The SMILES string of the molecule is CCc1ccccc1OC(=O)N(C)CCN. The van der Waals surface area contributed by atoms with Crippen LogP contribution in [0.1, 0.15) is 12.5 Å². The molecule has 0 saturated heterocycles. The number of nitrogens with zero attached hydrogens (tertiary/aromatic N) is 1. The lowest BCUT2D eigenvalue weighted by Gasteiger charge is -2.16. The fourth-order valence-corrected chi connectivity index (χ4v) is 1.35. The lowest BCUT2D eigenvalue weighted by atomic mass is 10.1. The van der Waals surface area contributed by atoms with Gasteiger partial charge in [-0.2, -0.15) is 0 Å². The Balaban J connectivity index is 2.69. The summed E-state index contributed by atoms with van der Waals surface area (Å²) in [7, 11) is 1.67. The lowest BCUT2D eigenvalue weighted by Crippen LogP contribution is -2.34. The molecule has 16 heavy (non-hydrogen) atoms. The van der Waals surface area contributed by atoms with Crippen LogP contribution in [0.3, 0.4) is 0 Å². The summed E-state index contributed by atoms with van der Waals surface area (Å²) in [4.78, 5) is 13.1. The number of benzene rings is 1. The van der Waals surface area contributed by atoms with E-state index in [1.54, 1.807) is 13.1 Å². The zero-order valence-electron chi connectivity index (χ0n) is 9.77. The molecule has 0 aliphatic carbocycles. The highest BCUT2D eigenvalue weighted by molar-refractivity contribution is 5.70. The van der Waals surface area contributed by atoms with E-state index in [0.29, 0.717) is 18.8 Å². The minimum absolute atomic E-state index is 0.369. The molecule has 0 aromatic heterocycles. The Morgan fingerprint density at radius 1 is 1.44 bits per heavy atom. The number of likely N-dealkylation sites (N-methyl/N-ethyl adjacent to an activating group) is 1. The standard InChI is InChI=1S/C12H18N2O2/c1-3-10-6-4-5-7-11(10)16-12(15)14(2)9-8-13/h4-7H,3,8-9,13H2,1-2H3. The minimum Gasteiger partial charge on any atom is -0.410 e. The topological polar surface area (TPSA) is 55.6 Å². The highest BCUT2D eigenvalue weighted by Gasteiger charge is 2.11. The predicted molar refractivity (Wildman–Crippen MR) is 63.5 cm³/mol. The van der Waals surface area contributed by atoms with Crippen LogP contribution in [0.25, 0.3) is 0 Å². The van der Waals surface area contributed by atoms with Crippen LogP contribution in [0.5, 0.6) is 5.75 Å². The molecule has 0 unspecified atom stereocenters. The Kier molecular flexibility index (Phi) is 4.79. The molecule has 1 rings (SSSR count). The number of amides is 1. The third-order valence-electron chi connectivity index (χ3n) is 2.33. The van der Waals surface area contributed by atoms with Gasteiger partial charge in [0.05, 0.1) is 0 Å². The first kappa shape index (κ1) is 12.5. The van der Waals surface area contributed by atoms with Gasteiger partial charge in [0, 0.05) is 20.1 Å². The number of carbonyl (C=O) groups is 1. The smallest absolute Gasteiger partial charge is 0.410 e. The summed E-state index contributed by atoms with van der Waals surface area (Å²) in [5, 5.41) is 0. The Bertz CT molecular complexity index is 353. The predicted octanol–water partition coefficient (Wildman–Crippen LogP) is 1.64. The molecule has 0 atom stereocenters. The zero-order chi connectivity index (χ0) is 12.0. The molecule has 0 bridgehead atoms. The molecule has 1 aromatic rings. The van der Waals surface area contributed by atoms with Crippen LogP contribution in [-0.2, 0) is 6.42 Å². The van der Waals surface area contributed by atoms with Gasteiger partial charge in [-0.05, 0) is 18.1 Å². The van der Waals surface area contributed by atoms with Crippen molar-refractivity contribution >= 4 is 6.09 Å². The molecule has 2 N–H and O–H groups in total. The molecule has 4 heteroatoms. The van der Waals surface area contributed by atoms with Crippen LogP contribution < -0.4 is 10.5 Å². The molecule has 0 saturated carbocycles. The van der Waals surface area contributed by atoms with Crippen LogP contribution in [0, 0.1) is 0 Å². The summed E-state index contributed by atoms with van der Waals surface area (Å²) in [6.07, 6.45) is 0.468. The number of nitrogens with two attached hydrogens (primary N) is 1. The van der Waals surface area contributed by atoms with E-state index >= 15 is 0 Å². The van der Waals surface area contributed by atoms with E-state index in [0.717, 1.165) is 12.0 Å². The van der Waals surface area contributed by atoms with Crippen molar-refractivity contribution in [3.63, 3.8) is 0 Å². The second-order valence-corrected chi connectivity index (χ2v) is 3.54. The molecule has 0 spiro atoms. The van der Waals surface area contributed by atoms with Crippen molar-refractivity contribution in [3.8, 4) is 5.75 Å². The first-order chi connectivity index (χ1) is 7.69. The van der Waals surface area contributed by atoms with Crippen LogP contribution in [-0.4, -0.2) is 31.1 Å². The maximum atomic E-state index is 11.6. The number of hydrogen-bond donors (Lipinski definition) is 1. The van der Waals surface area contributed by atoms with Gasteiger partial charge in [0.15, 0.2) is 0 Å². The van der Waals surface area contributed by atoms with Crippen LogP contribution >= 0.6 is 0 Å². The highest BCUT2D eigenvalue weighted by Crippen LogP contribution is 2.18. The van der Waals surface area contributed by atoms with E-state index in [1.807, 2.05) is 25.1 Å². The molecule has 0 aliphatic heterocycles. The largest absolute Gasteiger partial charge is 0.415 e. The van der Waals surface area contributed by atoms with Crippen LogP contribution in [0.15, 0.2) is 24.3 Å². The molecule has 88 valence electrons.